The van der Waals surface area contributed by atoms with Crippen molar-refractivity contribution in [3.63, 3.8) is 0 Å². The average Bonchev–Trinajstić information content (AvgIpc) is 3.93. The number of nitrogens with one attached hydrogen (secondary N) is 4. The van der Waals surface area contributed by atoms with Gasteiger partial charge in [-0.3, -0.25) is 24.6 Å². The van der Waals surface area contributed by atoms with E-state index in [1.807, 2.05) is 24.3 Å². The molecule has 3 aromatic rings. The van der Waals surface area contributed by atoms with Crippen molar-refractivity contribution in [1.29, 1.82) is 0 Å². The Morgan fingerprint density at radius 1 is 0.883 bits per heavy atom. The largest absolute Gasteiger partial charge is 0.372 e. The van der Waals surface area contributed by atoms with Crippen LogP contribution in [0.1, 0.15) is 101 Å². The number of carbonyl (C=O) groups excluding carboxylic acids is 4. The number of aromatic nitrogens is 3. The van der Waals surface area contributed by atoms with Gasteiger partial charge in [-0.05, 0) is 99.7 Å². The van der Waals surface area contributed by atoms with Crippen LogP contribution in [0.5, 0.6) is 0 Å². The predicted octanol–water partition coefficient (Wildman–Crippen LogP) is 4.82. The maximum atomic E-state index is 13.5. The Kier molecular flexibility index (Phi) is 12.4. The number of primary amides is 1. The van der Waals surface area contributed by atoms with Crippen LogP contribution in [-0.4, -0.2) is 123 Å². The van der Waals surface area contributed by atoms with Crippen LogP contribution >= 0.6 is 0 Å². The molecule has 16 heteroatoms. The van der Waals surface area contributed by atoms with Gasteiger partial charge in [0.25, 0.3) is 5.91 Å². The van der Waals surface area contributed by atoms with Crippen LogP contribution in [0.25, 0.3) is 0 Å². The van der Waals surface area contributed by atoms with E-state index in [-0.39, 0.29) is 35.0 Å². The number of carbonyl (C=O) groups is 4. The Morgan fingerprint density at radius 3 is 2.28 bits per heavy atom. The SMILES string of the molecule is CCC(CNc1ccc(NC2CCC(=O)NC2=O)cn1)N1CCC(C)(c2ccc(Nc3nc(N4CCCC(N5CCN(C6CCCC6)C5=O)C4)cnc3C(N)=O)cc2)CC1. The van der Waals surface area contributed by atoms with Crippen molar-refractivity contribution in [2.45, 2.75) is 114 Å². The molecule has 4 aliphatic heterocycles. The molecule has 0 radical (unpaired) electrons. The molecule has 320 valence electrons. The van der Waals surface area contributed by atoms with Crippen LogP contribution in [0, 0.1) is 0 Å². The van der Waals surface area contributed by atoms with E-state index in [0.717, 1.165) is 101 Å². The molecule has 5 fully saturated rings. The van der Waals surface area contributed by atoms with Crippen LogP contribution in [-0.2, 0) is 15.0 Å². The smallest absolute Gasteiger partial charge is 0.320 e. The Labute approximate surface area is 352 Å². The number of piperidine rings is 3. The zero-order valence-electron chi connectivity index (χ0n) is 35.0. The van der Waals surface area contributed by atoms with Crippen molar-refractivity contribution in [3.8, 4) is 0 Å². The number of hydrogen-bond acceptors (Lipinski definition) is 12. The van der Waals surface area contributed by atoms with E-state index in [2.05, 4.69) is 76.8 Å². The lowest BCUT2D eigenvalue weighted by molar-refractivity contribution is -0.133. The number of likely N-dealkylation sites (tertiary alicyclic amines) is 1. The van der Waals surface area contributed by atoms with Crippen molar-refractivity contribution in [2.24, 2.45) is 5.73 Å². The van der Waals surface area contributed by atoms with Crippen LogP contribution in [0.2, 0.25) is 0 Å². The van der Waals surface area contributed by atoms with Crippen molar-refractivity contribution < 1.29 is 19.2 Å². The third kappa shape index (κ3) is 9.13. The highest BCUT2D eigenvalue weighted by molar-refractivity contribution is 6.01. The zero-order valence-corrected chi connectivity index (χ0v) is 35.0. The molecule has 5 amide bonds. The first-order valence-corrected chi connectivity index (χ1v) is 22.0. The fraction of sp³-hybridized carbons (Fsp3) is 0.568. The summed E-state index contributed by atoms with van der Waals surface area (Å²) in [5, 5.41) is 12.4. The molecule has 16 nitrogen and oxygen atoms in total. The molecule has 1 aromatic carbocycles. The number of imide groups is 1. The van der Waals surface area contributed by atoms with Gasteiger partial charge in [0.2, 0.25) is 11.8 Å². The molecular weight excluding hydrogens is 761 g/mol. The Bertz CT molecular complexity index is 2020. The van der Waals surface area contributed by atoms with Crippen LogP contribution in [0.3, 0.4) is 0 Å². The number of nitrogens with two attached hydrogens (primary N) is 1. The predicted molar refractivity (Wildman–Crippen MR) is 231 cm³/mol. The minimum atomic E-state index is -0.646. The molecule has 60 heavy (non-hydrogen) atoms. The van der Waals surface area contributed by atoms with Crippen molar-refractivity contribution in [1.82, 2.24) is 35.0 Å². The van der Waals surface area contributed by atoms with Crippen LogP contribution in [0.4, 0.5) is 33.6 Å². The van der Waals surface area contributed by atoms with Gasteiger partial charge in [-0.15, -0.1) is 0 Å². The Balaban J connectivity index is 0.844. The standard InChI is InChI=1S/C44H60N12O4/c1-3-32(26-47-36-16-14-31(25-46-36)49-35-15-17-38(57)52-42(35)59)53-21-18-44(2,19-22-53)29-10-12-30(13-11-29)50-41-39(40(45)58)48-27-37(51-41)54-20-6-9-34(28-54)56-24-23-55(43(56)60)33-7-4-5-8-33/h10-14,16,25,27,32-35,49H,3-9,15,17-24,26,28H2,1-2H3,(H2,45,58)(H,46,47)(H,50,51)(H,52,57,59). The lowest BCUT2D eigenvalue weighted by Crippen LogP contribution is -2.50. The molecular formula is C44H60N12O4. The number of rotatable bonds is 14. The lowest BCUT2D eigenvalue weighted by atomic mass is 9.74. The van der Waals surface area contributed by atoms with Gasteiger partial charge >= 0.3 is 6.03 Å². The molecule has 3 unspecified atom stereocenters. The number of anilines is 5. The summed E-state index contributed by atoms with van der Waals surface area (Å²) in [6.07, 6.45) is 13.7. The van der Waals surface area contributed by atoms with Gasteiger partial charge in [0.1, 0.15) is 17.7 Å². The molecule has 5 aliphatic rings. The molecule has 6 heterocycles. The van der Waals surface area contributed by atoms with E-state index in [9.17, 15) is 19.2 Å². The molecule has 1 aliphatic carbocycles. The summed E-state index contributed by atoms with van der Waals surface area (Å²) >= 11 is 0. The second-order valence-corrected chi connectivity index (χ2v) is 17.5. The second kappa shape index (κ2) is 18.0. The Hall–Kier alpha value is -5.51. The topological polar surface area (TPSA) is 194 Å². The van der Waals surface area contributed by atoms with Gasteiger partial charge < -0.3 is 36.4 Å². The number of hydrogen-bond donors (Lipinski definition) is 5. The fourth-order valence-electron chi connectivity index (χ4n) is 9.82. The molecule has 6 N–H and O–H groups in total. The summed E-state index contributed by atoms with van der Waals surface area (Å²) in [5.74, 6) is 0.589. The van der Waals surface area contributed by atoms with Gasteiger partial charge in [0.15, 0.2) is 11.5 Å². The number of nitrogens with zero attached hydrogens (tertiary/aromatic N) is 7. The van der Waals surface area contributed by atoms with Crippen molar-refractivity contribution in [3.05, 3.63) is 60.0 Å². The average molecular weight is 821 g/mol. The van der Waals surface area contributed by atoms with E-state index in [4.69, 9.17) is 10.7 Å². The first-order chi connectivity index (χ1) is 29.1. The highest BCUT2D eigenvalue weighted by Gasteiger charge is 2.40. The van der Waals surface area contributed by atoms with Gasteiger partial charge in [0, 0.05) is 56.9 Å². The number of benzene rings is 1. The minimum Gasteiger partial charge on any atom is -0.372 e. The fourth-order valence-corrected chi connectivity index (χ4v) is 9.82. The normalized spacial score (nSPS) is 23.1. The number of urea groups is 1. The van der Waals surface area contributed by atoms with E-state index in [1.54, 1.807) is 12.4 Å². The quantitative estimate of drug-likeness (QED) is 0.140. The van der Waals surface area contributed by atoms with Crippen molar-refractivity contribution in [2.75, 3.05) is 66.7 Å². The molecule has 1 saturated carbocycles. The number of amides is 5. The number of pyridine rings is 1. The Morgan fingerprint density at radius 2 is 1.60 bits per heavy atom. The molecule has 4 saturated heterocycles. The highest BCUT2D eigenvalue weighted by atomic mass is 16.2. The van der Waals surface area contributed by atoms with E-state index in [0.29, 0.717) is 43.1 Å². The summed E-state index contributed by atoms with van der Waals surface area (Å²) in [4.78, 5) is 72.4. The van der Waals surface area contributed by atoms with E-state index < -0.39 is 11.9 Å². The summed E-state index contributed by atoms with van der Waals surface area (Å²) in [5.41, 5.74) is 8.69. The lowest BCUT2D eigenvalue weighted by Gasteiger charge is -2.43. The molecule has 2 aromatic heterocycles. The second-order valence-electron chi connectivity index (χ2n) is 17.5. The first-order valence-electron chi connectivity index (χ1n) is 22.0. The van der Waals surface area contributed by atoms with E-state index >= 15 is 0 Å². The first kappa shape index (κ1) is 41.2. The molecule has 0 bridgehead atoms. The van der Waals surface area contributed by atoms with Gasteiger partial charge in [-0.25, -0.2) is 19.7 Å². The monoisotopic (exact) mass is 820 g/mol. The zero-order chi connectivity index (χ0) is 41.8. The molecule has 0 spiro atoms. The summed E-state index contributed by atoms with van der Waals surface area (Å²) < 4.78 is 0. The maximum Gasteiger partial charge on any atom is 0.320 e. The van der Waals surface area contributed by atoms with Gasteiger partial charge in [-0.1, -0.05) is 38.8 Å². The highest BCUT2D eigenvalue weighted by Crippen LogP contribution is 2.37. The third-order valence-corrected chi connectivity index (χ3v) is 13.6. The third-order valence-electron chi connectivity index (χ3n) is 13.6. The minimum absolute atomic E-state index is 0.0153. The molecule has 3 atom stereocenters. The van der Waals surface area contributed by atoms with Crippen molar-refractivity contribution >= 4 is 52.6 Å². The summed E-state index contributed by atoms with van der Waals surface area (Å²) in [6, 6.07) is 12.8. The molecule has 8 rings (SSSR count). The van der Waals surface area contributed by atoms with Gasteiger partial charge in [-0.2, -0.15) is 0 Å². The van der Waals surface area contributed by atoms with Crippen LogP contribution < -0.4 is 31.9 Å². The van der Waals surface area contributed by atoms with E-state index in [1.165, 1.54) is 18.4 Å². The van der Waals surface area contributed by atoms with Gasteiger partial charge in [0.05, 0.1) is 24.1 Å². The maximum absolute atomic E-state index is 13.5. The summed E-state index contributed by atoms with van der Waals surface area (Å²) in [7, 11) is 0. The van der Waals surface area contributed by atoms with Crippen LogP contribution in [0.15, 0.2) is 48.8 Å². The summed E-state index contributed by atoms with van der Waals surface area (Å²) in [6.45, 7) is 10.3.